The third-order valence-corrected chi connectivity index (χ3v) is 6.46. The van der Waals surface area contributed by atoms with Crippen LogP contribution in [0.25, 0.3) is 10.8 Å². The van der Waals surface area contributed by atoms with E-state index in [0.717, 1.165) is 23.2 Å². The number of nitrogens with zero attached hydrogens (tertiary/aromatic N) is 2. The van der Waals surface area contributed by atoms with Crippen molar-refractivity contribution in [3.63, 3.8) is 0 Å². The van der Waals surface area contributed by atoms with Crippen molar-refractivity contribution in [1.29, 1.82) is 0 Å². The average molecular weight is 498 g/mol. The molecule has 1 aromatic heterocycles. The second-order valence-electron chi connectivity index (χ2n) is 8.27. The third-order valence-electron chi connectivity index (χ3n) is 5.92. The summed E-state index contributed by atoms with van der Waals surface area (Å²) in [5, 5.41) is 6.50. The molecule has 1 aliphatic rings. The molecule has 1 fully saturated rings. The second kappa shape index (κ2) is 9.94. The highest BCUT2D eigenvalue weighted by Crippen LogP contribution is 2.41. The van der Waals surface area contributed by atoms with Gasteiger partial charge in [0.15, 0.2) is 0 Å². The minimum Gasteiger partial charge on any atom is -0.490 e. The van der Waals surface area contributed by atoms with Crippen LogP contribution in [0.1, 0.15) is 11.1 Å². The predicted octanol–water partition coefficient (Wildman–Crippen LogP) is 5.41. The van der Waals surface area contributed by atoms with Crippen LogP contribution in [-0.2, 0) is 28.4 Å². The zero-order valence-corrected chi connectivity index (χ0v) is 20.2. The van der Waals surface area contributed by atoms with Gasteiger partial charge in [0.1, 0.15) is 18.5 Å². The number of aromatic nitrogens is 2. The van der Waals surface area contributed by atoms with Crippen LogP contribution in [0.3, 0.4) is 0 Å². The van der Waals surface area contributed by atoms with Crippen molar-refractivity contribution in [2.75, 3.05) is 20.3 Å². The first kappa shape index (κ1) is 23.1. The van der Waals surface area contributed by atoms with Gasteiger partial charge in [-0.05, 0) is 36.2 Å². The van der Waals surface area contributed by atoms with Crippen LogP contribution in [-0.4, -0.2) is 35.9 Å². The number of halogens is 2. The molecule has 1 saturated heterocycles. The van der Waals surface area contributed by atoms with Gasteiger partial charge in [0.25, 0.3) is 0 Å². The molecule has 8 heteroatoms. The van der Waals surface area contributed by atoms with Crippen molar-refractivity contribution < 1.29 is 14.2 Å². The van der Waals surface area contributed by atoms with Crippen molar-refractivity contribution in [2.45, 2.75) is 25.0 Å². The SMILES string of the molecule is CNCc1ccc(OC[C@@H]2CO[C@@](Cn3ccnc3)(c3ccc(Cl)cc3Cl)O2)c2ccccc12. The summed E-state index contributed by atoms with van der Waals surface area (Å²) in [4.78, 5) is 4.14. The van der Waals surface area contributed by atoms with E-state index >= 15 is 0 Å². The lowest BCUT2D eigenvalue weighted by Crippen LogP contribution is -2.34. The van der Waals surface area contributed by atoms with E-state index in [9.17, 15) is 0 Å². The van der Waals surface area contributed by atoms with Gasteiger partial charge in [0, 0.05) is 34.9 Å². The number of rotatable bonds is 8. The molecule has 34 heavy (non-hydrogen) atoms. The lowest BCUT2D eigenvalue weighted by atomic mass is 10.0. The standard InChI is InChI=1S/C26H25Cl2N3O3/c1-29-13-18-6-9-25(22-5-3-2-4-21(18)22)32-14-20-15-33-26(34-20,16-31-11-10-30-17-31)23-8-7-19(27)12-24(23)28/h2-12,17,20,29H,13-16H2,1H3/t20-,26-/m1/s1. The van der Waals surface area contributed by atoms with Crippen LogP contribution < -0.4 is 10.1 Å². The zero-order valence-electron chi connectivity index (χ0n) is 18.7. The predicted molar refractivity (Wildman–Crippen MR) is 133 cm³/mol. The van der Waals surface area contributed by atoms with Crippen LogP contribution in [0.15, 0.2) is 73.3 Å². The molecular formula is C26H25Cl2N3O3. The van der Waals surface area contributed by atoms with E-state index in [1.54, 1.807) is 24.7 Å². The Morgan fingerprint density at radius 1 is 1.15 bits per heavy atom. The number of nitrogens with one attached hydrogen (secondary N) is 1. The minimum atomic E-state index is -1.07. The summed E-state index contributed by atoms with van der Waals surface area (Å²) >= 11 is 12.7. The number of hydrogen-bond donors (Lipinski definition) is 1. The molecule has 0 radical (unpaired) electrons. The normalized spacial score (nSPS) is 20.1. The summed E-state index contributed by atoms with van der Waals surface area (Å²) in [6, 6.07) is 17.7. The molecule has 0 saturated carbocycles. The fourth-order valence-corrected chi connectivity index (χ4v) is 4.91. The van der Waals surface area contributed by atoms with Gasteiger partial charge in [0.05, 0.1) is 24.5 Å². The number of imidazole rings is 1. The van der Waals surface area contributed by atoms with Gasteiger partial charge in [0.2, 0.25) is 5.79 Å². The van der Waals surface area contributed by atoms with E-state index in [0.29, 0.717) is 29.8 Å². The highest BCUT2D eigenvalue weighted by Gasteiger charge is 2.45. The summed E-state index contributed by atoms with van der Waals surface area (Å²) in [5.74, 6) is -0.259. The van der Waals surface area contributed by atoms with Crippen molar-refractivity contribution in [2.24, 2.45) is 0 Å². The van der Waals surface area contributed by atoms with Crippen molar-refractivity contribution in [3.8, 4) is 5.75 Å². The van der Waals surface area contributed by atoms with Gasteiger partial charge >= 0.3 is 0 Å². The summed E-state index contributed by atoms with van der Waals surface area (Å²) in [6.07, 6.45) is 5.02. The lowest BCUT2D eigenvalue weighted by Gasteiger charge is -2.30. The monoisotopic (exact) mass is 497 g/mol. The van der Waals surface area contributed by atoms with Crippen LogP contribution in [0, 0.1) is 0 Å². The Morgan fingerprint density at radius 2 is 2.00 bits per heavy atom. The number of fused-ring (bicyclic) bond motifs is 1. The molecule has 0 amide bonds. The maximum atomic E-state index is 6.56. The van der Waals surface area contributed by atoms with Gasteiger partial charge in [-0.1, -0.05) is 59.6 Å². The Balaban J connectivity index is 1.38. The van der Waals surface area contributed by atoms with Gasteiger partial charge in [-0.25, -0.2) is 4.98 Å². The number of hydrogen-bond acceptors (Lipinski definition) is 5. The summed E-state index contributed by atoms with van der Waals surface area (Å²) < 4.78 is 20.9. The molecule has 0 unspecified atom stereocenters. The Hall–Kier alpha value is -2.61. The fourth-order valence-electron chi connectivity index (χ4n) is 4.36. The topological polar surface area (TPSA) is 57.5 Å². The van der Waals surface area contributed by atoms with E-state index in [2.05, 4.69) is 28.5 Å². The number of ether oxygens (including phenoxy) is 3. The van der Waals surface area contributed by atoms with Gasteiger partial charge in [-0.3, -0.25) is 0 Å². The Bertz CT molecular complexity index is 1280. The fraction of sp³-hybridized carbons (Fsp3) is 0.269. The van der Waals surface area contributed by atoms with Gasteiger partial charge < -0.3 is 24.1 Å². The number of benzene rings is 3. The highest BCUT2D eigenvalue weighted by atomic mass is 35.5. The Labute approximate surface area is 208 Å². The van der Waals surface area contributed by atoms with E-state index in [-0.39, 0.29) is 6.10 Å². The highest BCUT2D eigenvalue weighted by molar-refractivity contribution is 6.35. The first-order chi connectivity index (χ1) is 16.6. The molecule has 2 heterocycles. The average Bonchev–Trinajstić information content (AvgIpc) is 3.49. The molecule has 3 aromatic carbocycles. The summed E-state index contributed by atoms with van der Waals surface area (Å²) in [5.41, 5.74) is 1.94. The molecule has 0 spiro atoms. The maximum Gasteiger partial charge on any atom is 0.215 e. The summed E-state index contributed by atoms with van der Waals surface area (Å²) in [6.45, 7) is 1.89. The molecule has 4 aromatic rings. The van der Waals surface area contributed by atoms with Crippen LogP contribution in [0.5, 0.6) is 5.75 Å². The van der Waals surface area contributed by atoms with E-state index in [4.69, 9.17) is 37.4 Å². The molecule has 176 valence electrons. The lowest BCUT2D eigenvalue weighted by molar-refractivity contribution is -0.189. The van der Waals surface area contributed by atoms with Crippen molar-refractivity contribution >= 4 is 34.0 Å². The molecule has 0 bridgehead atoms. The van der Waals surface area contributed by atoms with E-state index in [1.807, 2.05) is 42.1 Å². The Kier molecular flexibility index (Phi) is 6.77. The molecule has 1 aliphatic heterocycles. The molecule has 0 aliphatic carbocycles. The minimum absolute atomic E-state index is 0.286. The molecule has 2 atom stereocenters. The molecule has 5 rings (SSSR count). The largest absolute Gasteiger partial charge is 0.490 e. The van der Waals surface area contributed by atoms with Crippen LogP contribution in [0.4, 0.5) is 0 Å². The van der Waals surface area contributed by atoms with Crippen LogP contribution >= 0.6 is 23.2 Å². The molecule has 1 N–H and O–H groups in total. The molecule has 6 nitrogen and oxygen atoms in total. The Morgan fingerprint density at radius 3 is 2.76 bits per heavy atom. The van der Waals surface area contributed by atoms with E-state index < -0.39 is 5.79 Å². The first-order valence-corrected chi connectivity index (χ1v) is 11.8. The maximum absolute atomic E-state index is 6.56. The quantitative estimate of drug-likeness (QED) is 0.352. The smallest absolute Gasteiger partial charge is 0.215 e. The zero-order chi connectivity index (χ0) is 23.5. The second-order valence-corrected chi connectivity index (χ2v) is 9.12. The first-order valence-electron chi connectivity index (χ1n) is 11.1. The molecular weight excluding hydrogens is 473 g/mol. The van der Waals surface area contributed by atoms with Gasteiger partial charge in [-0.15, -0.1) is 0 Å². The third kappa shape index (κ3) is 4.65. The summed E-state index contributed by atoms with van der Waals surface area (Å²) in [7, 11) is 1.94. The van der Waals surface area contributed by atoms with Crippen molar-refractivity contribution in [3.05, 3.63) is 94.5 Å². The van der Waals surface area contributed by atoms with E-state index in [1.165, 1.54) is 10.9 Å². The van der Waals surface area contributed by atoms with Gasteiger partial charge in [-0.2, -0.15) is 0 Å². The van der Waals surface area contributed by atoms with Crippen molar-refractivity contribution in [1.82, 2.24) is 14.9 Å². The van der Waals surface area contributed by atoms with Crippen LogP contribution in [0.2, 0.25) is 10.0 Å².